The predicted octanol–water partition coefficient (Wildman–Crippen LogP) is 7.51. The molecule has 1 amide bonds. The van der Waals surface area contributed by atoms with Gasteiger partial charge in [0.2, 0.25) is 0 Å². The van der Waals surface area contributed by atoms with Crippen LogP contribution < -0.4 is 10.1 Å². The maximum atomic E-state index is 13.4. The molecule has 0 unspecified atom stereocenters. The van der Waals surface area contributed by atoms with E-state index in [4.69, 9.17) is 9.47 Å². The molecule has 0 saturated carbocycles. The molecule has 1 atom stereocenters. The van der Waals surface area contributed by atoms with E-state index in [1.807, 2.05) is 72.8 Å². The molecule has 0 aliphatic carbocycles. The van der Waals surface area contributed by atoms with E-state index in [0.717, 1.165) is 26.7 Å². The van der Waals surface area contributed by atoms with E-state index in [9.17, 15) is 9.59 Å². The van der Waals surface area contributed by atoms with E-state index in [1.54, 1.807) is 12.1 Å². The SMILES string of the molecule is COC(=O)[C@H](Cc1ccc(-c2ccccc2)cc1)NC(=O)c1cc(Br)ccc1OCc1ccc(C(C)(C)C)cc1. The predicted molar refractivity (Wildman–Crippen MR) is 162 cm³/mol. The topological polar surface area (TPSA) is 64.6 Å². The first-order chi connectivity index (χ1) is 19.1. The Labute approximate surface area is 244 Å². The third-order valence-electron chi connectivity index (χ3n) is 6.69. The van der Waals surface area contributed by atoms with Crippen LogP contribution >= 0.6 is 15.9 Å². The minimum atomic E-state index is -0.864. The largest absolute Gasteiger partial charge is 0.488 e. The summed E-state index contributed by atoms with van der Waals surface area (Å²) in [5.74, 6) is -0.510. The molecule has 0 saturated heterocycles. The van der Waals surface area contributed by atoms with Gasteiger partial charge in [-0.2, -0.15) is 0 Å². The van der Waals surface area contributed by atoms with Crippen molar-refractivity contribution in [3.05, 3.63) is 124 Å². The Morgan fingerprint density at radius 1 is 0.825 bits per heavy atom. The van der Waals surface area contributed by atoms with E-state index in [1.165, 1.54) is 12.7 Å². The Morgan fingerprint density at radius 2 is 1.45 bits per heavy atom. The quantitative estimate of drug-likeness (QED) is 0.202. The molecule has 0 radical (unpaired) electrons. The van der Waals surface area contributed by atoms with Crippen molar-refractivity contribution in [2.45, 2.75) is 45.3 Å². The van der Waals surface area contributed by atoms with E-state index in [-0.39, 0.29) is 11.8 Å². The van der Waals surface area contributed by atoms with Crippen LogP contribution in [0.2, 0.25) is 0 Å². The molecule has 1 N–H and O–H groups in total. The second-order valence-corrected chi connectivity index (χ2v) is 11.6. The van der Waals surface area contributed by atoms with Gasteiger partial charge in [0.05, 0.1) is 12.7 Å². The summed E-state index contributed by atoms with van der Waals surface area (Å²) in [6.45, 7) is 6.83. The Hall–Kier alpha value is -3.90. The summed E-state index contributed by atoms with van der Waals surface area (Å²) >= 11 is 3.45. The smallest absolute Gasteiger partial charge is 0.328 e. The molecule has 0 fully saturated rings. The zero-order valence-corrected chi connectivity index (χ0v) is 24.8. The van der Waals surface area contributed by atoms with Crippen LogP contribution in [0.25, 0.3) is 11.1 Å². The fourth-order valence-corrected chi connectivity index (χ4v) is 4.70. The lowest BCUT2D eigenvalue weighted by Gasteiger charge is -2.20. The summed E-state index contributed by atoms with van der Waals surface area (Å²) in [4.78, 5) is 26.1. The van der Waals surface area contributed by atoms with Crippen LogP contribution in [0.15, 0.2) is 102 Å². The molecule has 6 heteroatoms. The highest BCUT2D eigenvalue weighted by atomic mass is 79.9. The molecule has 4 rings (SSSR count). The van der Waals surface area contributed by atoms with Crippen LogP contribution in [0.5, 0.6) is 5.75 Å². The molecule has 0 aromatic heterocycles. The van der Waals surface area contributed by atoms with Crippen LogP contribution in [0, 0.1) is 0 Å². The number of rotatable bonds is 9. The van der Waals surface area contributed by atoms with Gasteiger partial charge in [0.15, 0.2) is 0 Å². The maximum Gasteiger partial charge on any atom is 0.328 e. The standard InChI is InChI=1S/C34H34BrNO4/c1-34(2,3)27-16-12-24(13-17-27)22-40-31-19-18-28(35)21-29(31)32(37)36-30(33(38)39-4)20-23-10-14-26(15-11-23)25-8-6-5-7-9-25/h5-19,21,30H,20,22H2,1-4H3,(H,36,37)/t30-/m0/s1. The molecule has 4 aromatic carbocycles. The lowest BCUT2D eigenvalue weighted by molar-refractivity contribution is -0.142. The molecule has 0 aliphatic heterocycles. The number of ether oxygens (including phenoxy) is 2. The first-order valence-electron chi connectivity index (χ1n) is 13.2. The van der Waals surface area contributed by atoms with Crippen molar-refractivity contribution in [3.8, 4) is 16.9 Å². The highest BCUT2D eigenvalue weighted by Gasteiger charge is 2.25. The van der Waals surface area contributed by atoms with Crippen molar-refractivity contribution < 1.29 is 19.1 Å². The van der Waals surface area contributed by atoms with Gasteiger partial charge in [0.25, 0.3) is 5.91 Å². The van der Waals surface area contributed by atoms with E-state index in [2.05, 4.69) is 54.2 Å². The average molecular weight is 601 g/mol. The van der Waals surface area contributed by atoms with Gasteiger partial charge in [-0.15, -0.1) is 0 Å². The van der Waals surface area contributed by atoms with Crippen LogP contribution in [-0.2, 0) is 28.0 Å². The van der Waals surface area contributed by atoms with Gasteiger partial charge in [-0.1, -0.05) is 116 Å². The average Bonchev–Trinajstić information content (AvgIpc) is 2.96. The van der Waals surface area contributed by atoms with Gasteiger partial charge in [0.1, 0.15) is 18.4 Å². The summed E-state index contributed by atoms with van der Waals surface area (Å²) < 4.78 is 11.8. The summed E-state index contributed by atoms with van der Waals surface area (Å²) in [6.07, 6.45) is 0.289. The minimum absolute atomic E-state index is 0.0659. The summed E-state index contributed by atoms with van der Waals surface area (Å²) in [7, 11) is 1.32. The van der Waals surface area contributed by atoms with E-state index < -0.39 is 17.9 Å². The van der Waals surface area contributed by atoms with Crippen molar-refractivity contribution in [2.24, 2.45) is 0 Å². The monoisotopic (exact) mass is 599 g/mol. The second-order valence-electron chi connectivity index (χ2n) is 10.7. The molecule has 0 aliphatic rings. The number of carbonyl (C=O) groups is 2. The van der Waals surface area contributed by atoms with Gasteiger partial charge >= 0.3 is 5.97 Å². The number of benzene rings is 4. The first kappa shape index (κ1) is 29.1. The molecule has 5 nitrogen and oxygen atoms in total. The Kier molecular flexibility index (Phi) is 9.43. The van der Waals surface area contributed by atoms with Crippen molar-refractivity contribution in [2.75, 3.05) is 7.11 Å². The molecule has 0 heterocycles. The molecule has 4 aromatic rings. The Morgan fingerprint density at radius 3 is 2.08 bits per heavy atom. The number of carbonyl (C=O) groups excluding carboxylic acids is 2. The molecular formula is C34H34BrNO4. The fraction of sp³-hybridized carbons (Fsp3) is 0.235. The number of amides is 1. The molecular weight excluding hydrogens is 566 g/mol. The van der Waals surface area contributed by atoms with E-state index in [0.29, 0.717) is 17.9 Å². The number of halogens is 1. The Bertz CT molecular complexity index is 1440. The number of esters is 1. The number of hydrogen-bond acceptors (Lipinski definition) is 4. The zero-order valence-electron chi connectivity index (χ0n) is 23.2. The van der Waals surface area contributed by atoms with Crippen molar-refractivity contribution in [3.63, 3.8) is 0 Å². The molecule has 0 spiro atoms. The number of methoxy groups -OCH3 is 1. The van der Waals surface area contributed by atoms with Gasteiger partial charge in [-0.25, -0.2) is 4.79 Å². The second kappa shape index (κ2) is 13.0. The third-order valence-corrected chi connectivity index (χ3v) is 7.19. The summed E-state index contributed by atoms with van der Waals surface area (Å²) in [5.41, 5.74) is 5.72. The lowest BCUT2D eigenvalue weighted by atomic mass is 9.87. The van der Waals surface area contributed by atoms with Crippen LogP contribution in [0.3, 0.4) is 0 Å². The van der Waals surface area contributed by atoms with Gasteiger partial charge < -0.3 is 14.8 Å². The minimum Gasteiger partial charge on any atom is -0.488 e. The molecule has 206 valence electrons. The first-order valence-corrected chi connectivity index (χ1v) is 14.0. The van der Waals surface area contributed by atoms with Crippen LogP contribution in [-0.4, -0.2) is 25.0 Å². The highest BCUT2D eigenvalue weighted by molar-refractivity contribution is 9.10. The molecule has 40 heavy (non-hydrogen) atoms. The highest BCUT2D eigenvalue weighted by Crippen LogP contribution is 2.26. The van der Waals surface area contributed by atoms with Gasteiger partial charge in [-0.05, 0) is 51.4 Å². The normalized spacial score (nSPS) is 11.9. The van der Waals surface area contributed by atoms with Crippen LogP contribution in [0.1, 0.15) is 47.8 Å². The van der Waals surface area contributed by atoms with Crippen molar-refractivity contribution in [1.29, 1.82) is 0 Å². The van der Waals surface area contributed by atoms with Gasteiger partial charge in [-0.3, -0.25) is 4.79 Å². The number of nitrogens with one attached hydrogen (secondary N) is 1. The van der Waals surface area contributed by atoms with Gasteiger partial charge in [0, 0.05) is 10.9 Å². The zero-order chi connectivity index (χ0) is 28.7. The lowest BCUT2D eigenvalue weighted by Crippen LogP contribution is -2.43. The third kappa shape index (κ3) is 7.60. The number of hydrogen-bond donors (Lipinski definition) is 1. The van der Waals surface area contributed by atoms with Crippen LogP contribution in [0.4, 0.5) is 0 Å². The summed E-state index contributed by atoms with van der Waals surface area (Å²) in [6, 6.07) is 30.7. The van der Waals surface area contributed by atoms with Crippen molar-refractivity contribution >= 4 is 27.8 Å². The fourth-order valence-electron chi connectivity index (χ4n) is 4.34. The molecule has 0 bridgehead atoms. The Balaban J connectivity index is 1.48. The maximum absolute atomic E-state index is 13.4. The van der Waals surface area contributed by atoms with Crippen molar-refractivity contribution in [1.82, 2.24) is 5.32 Å². The summed E-state index contributed by atoms with van der Waals surface area (Å²) in [5, 5.41) is 2.85. The van der Waals surface area contributed by atoms with E-state index >= 15 is 0 Å².